The molecule has 0 bridgehead atoms. The van der Waals surface area contributed by atoms with E-state index in [0.29, 0.717) is 4.32 Å². The van der Waals surface area contributed by atoms with Crippen molar-refractivity contribution >= 4 is 62.1 Å². The average molecular weight is 529 g/mol. The summed E-state index contributed by atoms with van der Waals surface area (Å²) < 4.78 is 59.5. The van der Waals surface area contributed by atoms with Crippen LogP contribution in [0.2, 0.25) is 0 Å². The first-order valence-corrected chi connectivity index (χ1v) is 16.3. The Labute approximate surface area is 195 Å². The molecule has 11 heteroatoms. The minimum Gasteiger partial charge on any atom is -0.741 e. The summed E-state index contributed by atoms with van der Waals surface area (Å²) in [6.07, 6.45) is 3.64. The molecule has 0 amide bonds. The van der Waals surface area contributed by atoms with Crippen molar-refractivity contribution in [3.63, 3.8) is 0 Å². The van der Waals surface area contributed by atoms with Gasteiger partial charge in [0.2, 0.25) is 0 Å². The Morgan fingerprint density at radius 3 is 1.58 bits per heavy atom. The van der Waals surface area contributed by atoms with Crippen molar-refractivity contribution in [3.05, 3.63) is 60.7 Å². The fraction of sp³-hybridized carbons (Fsp3) is 0.400. The minimum atomic E-state index is -6.09. The monoisotopic (exact) mass is 528 g/mol. The Bertz CT molecular complexity index is 878. The van der Waals surface area contributed by atoms with Crippen molar-refractivity contribution in [2.75, 3.05) is 6.26 Å². The van der Waals surface area contributed by atoms with E-state index in [1.165, 1.54) is 17.0 Å². The van der Waals surface area contributed by atoms with Crippen LogP contribution in [0.15, 0.2) is 60.7 Å². The van der Waals surface area contributed by atoms with E-state index < -0.39 is 22.1 Å². The van der Waals surface area contributed by atoms with E-state index in [2.05, 4.69) is 116 Å². The van der Waals surface area contributed by atoms with Crippen LogP contribution in [0.3, 0.4) is 0 Å². The highest BCUT2D eigenvalue weighted by atomic mass is 32.7. The molecule has 0 aromatic heterocycles. The molecule has 1 aliphatic rings. The summed E-state index contributed by atoms with van der Waals surface area (Å²) in [5.41, 5.74) is -5.65. The first kappa shape index (κ1) is 26.9. The summed E-state index contributed by atoms with van der Waals surface area (Å²) in [6.45, 7) is 3.31. The molecule has 31 heavy (non-hydrogen) atoms. The van der Waals surface area contributed by atoms with E-state index in [1.807, 2.05) is 0 Å². The van der Waals surface area contributed by atoms with Gasteiger partial charge < -0.3 is 4.55 Å². The van der Waals surface area contributed by atoms with Crippen molar-refractivity contribution in [2.45, 2.75) is 40.6 Å². The lowest BCUT2D eigenvalue weighted by atomic mass is 10.3. The maximum Gasteiger partial charge on any atom is 0.485 e. The van der Waals surface area contributed by atoms with Crippen LogP contribution in [0.1, 0.15) is 20.3 Å². The maximum absolute atomic E-state index is 10.7. The predicted molar refractivity (Wildman–Crippen MR) is 131 cm³/mol. The molecule has 172 valence electrons. The summed E-state index contributed by atoms with van der Waals surface area (Å²) in [5, 5.41) is 4.56. The zero-order valence-electron chi connectivity index (χ0n) is 17.2. The summed E-state index contributed by atoms with van der Waals surface area (Å²) >= 11 is 6.51. The summed E-state index contributed by atoms with van der Waals surface area (Å²) in [6, 6.07) is 22.5. The van der Waals surface area contributed by atoms with E-state index in [-0.39, 0.29) is 0 Å². The molecule has 1 unspecified atom stereocenters. The van der Waals surface area contributed by atoms with Crippen LogP contribution in [-0.4, -0.2) is 39.6 Å². The Balaban J connectivity index is 0.000000366. The van der Waals surface area contributed by atoms with Crippen LogP contribution in [0.5, 0.6) is 0 Å². The van der Waals surface area contributed by atoms with Gasteiger partial charge >= 0.3 is 5.51 Å². The van der Waals surface area contributed by atoms with E-state index >= 15 is 0 Å². The van der Waals surface area contributed by atoms with Gasteiger partial charge in [-0.1, -0.05) is 50.2 Å². The zero-order chi connectivity index (χ0) is 23.3. The lowest BCUT2D eigenvalue weighted by Crippen LogP contribution is -2.31. The molecular weight excluding hydrogens is 504 g/mol. The molecule has 0 N–H and O–H groups in total. The fourth-order valence-corrected chi connectivity index (χ4v) is 17.9. The van der Waals surface area contributed by atoms with Crippen LogP contribution in [0.25, 0.3) is 0 Å². The highest BCUT2D eigenvalue weighted by Crippen LogP contribution is 2.77. The molecule has 1 saturated heterocycles. The number of hydrogen-bond donors (Lipinski definition) is 0. The maximum atomic E-state index is 10.7. The first-order valence-electron chi connectivity index (χ1n) is 9.30. The van der Waals surface area contributed by atoms with Crippen molar-refractivity contribution in [2.24, 2.45) is 0 Å². The second kappa shape index (κ2) is 11.2. The standard InChI is InChI=1S/C19H24PS3.CHF3O3S/c1-15-14-16(2)23-19(22-15)20(21-3,17-10-6-4-7-11-17)18-12-8-5-9-13-18;2-1(3,4)8(5,6)7/h4-13,15-16,19H,14H2,1-3H3;(H,5,6,7)/q+1;/p-1/t15-,16+,19?;. The number of hydrogen-bond acceptors (Lipinski definition) is 6. The minimum absolute atomic E-state index is 0.640. The Kier molecular flexibility index (Phi) is 9.68. The molecule has 3 atom stereocenters. The van der Waals surface area contributed by atoms with Gasteiger partial charge in [-0.3, -0.25) is 0 Å². The molecule has 2 aromatic rings. The molecular formula is C20H24F3O3PS4. The number of halogens is 3. The largest absolute Gasteiger partial charge is 0.741 e. The summed E-state index contributed by atoms with van der Waals surface area (Å²) in [7, 11) is -6.09. The topological polar surface area (TPSA) is 57.2 Å². The van der Waals surface area contributed by atoms with E-state index in [9.17, 15) is 13.2 Å². The first-order chi connectivity index (χ1) is 14.4. The molecule has 0 saturated carbocycles. The third-order valence-corrected chi connectivity index (χ3v) is 17.9. The summed E-state index contributed by atoms with van der Waals surface area (Å²) in [5.74, 6) is 0. The normalized spacial score (nSPS) is 22.4. The molecule has 0 spiro atoms. The smallest absolute Gasteiger partial charge is 0.485 e. The van der Waals surface area contributed by atoms with Gasteiger partial charge in [-0.05, 0) is 30.7 Å². The zero-order valence-corrected chi connectivity index (χ0v) is 21.3. The number of benzene rings is 2. The molecule has 1 heterocycles. The van der Waals surface area contributed by atoms with Crippen LogP contribution >= 0.6 is 41.4 Å². The van der Waals surface area contributed by atoms with Crippen LogP contribution < -0.4 is 10.6 Å². The quantitative estimate of drug-likeness (QED) is 0.279. The van der Waals surface area contributed by atoms with Gasteiger partial charge in [0, 0.05) is 28.1 Å². The van der Waals surface area contributed by atoms with Crippen LogP contribution in [-0.2, 0) is 10.1 Å². The van der Waals surface area contributed by atoms with Gasteiger partial charge in [0.05, 0.1) is 0 Å². The third-order valence-electron chi connectivity index (χ3n) is 4.51. The van der Waals surface area contributed by atoms with Crippen LogP contribution in [0.4, 0.5) is 13.2 Å². The Hall–Kier alpha value is -0.380. The van der Waals surface area contributed by atoms with Crippen LogP contribution in [0, 0.1) is 0 Å². The molecule has 1 fully saturated rings. The van der Waals surface area contributed by atoms with Crippen molar-refractivity contribution in [1.82, 2.24) is 0 Å². The Morgan fingerprint density at radius 1 is 0.935 bits per heavy atom. The predicted octanol–water partition coefficient (Wildman–Crippen LogP) is 5.92. The molecule has 0 aliphatic carbocycles. The van der Waals surface area contributed by atoms with Gasteiger partial charge in [0.15, 0.2) is 20.9 Å². The number of rotatable bonds is 4. The number of alkyl halides is 3. The average Bonchev–Trinajstić information content (AvgIpc) is 2.69. The number of thioether (sulfide) groups is 2. The SMILES string of the molecule is CS[P+](c1ccccc1)(c1ccccc1)C1S[C@H](C)C[C@H](C)S1.O=S(=O)([O-])C(F)(F)F. The van der Waals surface area contributed by atoms with E-state index in [4.69, 9.17) is 13.0 Å². The van der Waals surface area contributed by atoms with Crippen molar-refractivity contribution in [1.29, 1.82) is 0 Å². The fourth-order valence-electron chi connectivity index (χ4n) is 3.17. The van der Waals surface area contributed by atoms with E-state index in [1.54, 1.807) is 0 Å². The molecule has 2 aromatic carbocycles. The van der Waals surface area contributed by atoms with Gasteiger partial charge in [-0.2, -0.15) is 13.2 Å². The highest BCUT2D eigenvalue weighted by molar-refractivity contribution is 8.70. The van der Waals surface area contributed by atoms with Gasteiger partial charge in [0.1, 0.15) is 10.6 Å². The van der Waals surface area contributed by atoms with Gasteiger partial charge in [-0.15, -0.1) is 23.5 Å². The lowest BCUT2D eigenvalue weighted by Gasteiger charge is -2.37. The molecule has 0 radical (unpaired) electrons. The van der Waals surface area contributed by atoms with E-state index in [0.717, 1.165) is 10.5 Å². The highest BCUT2D eigenvalue weighted by Gasteiger charge is 2.53. The molecule has 3 rings (SSSR count). The van der Waals surface area contributed by atoms with Gasteiger partial charge in [0.25, 0.3) is 0 Å². The van der Waals surface area contributed by atoms with Crippen molar-refractivity contribution in [3.8, 4) is 0 Å². The lowest BCUT2D eigenvalue weighted by molar-refractivity contribution is -0.0517. The Morgan fingerprint density at radius 2 is 1.29 bits per heavy atom. The van der Waals surface area contributed by atoms with Gasteiger partial charge in [-0.25, -0.2) is 8.42 Å². The van der Waals surface area contributed by atoms with Crippen molar-refractivity contribution < 1.29 is 26.1 Å². The molecule has 1 aliphatic heterocycles. The third kappa shape index (κ3) is 6.81. The molecule has 3 nitrogen and oxygen atoms in total. The second-order valence-corrected chi connectivity index (χ2v) is 18.4. The summed E-state index contributed by atoms with van der Waals surface area (Å²) in [4.78, 5) is 0. The second-order valence-electron chi connectivity index (χ2n) is 6.85.